The molecule has 0 aromatic heterocycles. The third-order valence-electron chi connectivity index (χ3n) is 1.77. The summed E-state index contributed by atoms with van der Waals surface area (Å²) in [7, 11) is 0. The molecule has 0 spiro atoms. The van der Waals surface area contributed by atoms with Crippen LogP contribution in [0.3, 0.4) is 0 Å². The highest BCUT2D eigenvalue weighted by molar-refractivity contribution is 7.80. The Balaban J connectivity index is 2.47. The average Bonchev–Trinajstić information content (AvgIpc) is 2.25. The topological polar surface area (TPSA) is 52.3 Å². The normalized spacial score (nSPS) is 12.2. The third-order valence-corrected chi connectivity index (χ3v) is 2.40. The van der Waals surface area contributed by atoms with Gasteiger partial charge in [0, 0.05) is 10.8 Å². The van der Waals surface area contributed by atoms with E-state index >= 15 is 0 Å². The number of ether oxygens (including phenoxy) is 1. The Morgan fingerprint density at radius 2 is 2.33 bits per heavy atom. The molecule has 0 aliphatic carbocycles. The minimum atomic E-state index is -0.674. The molecular weight excluding hydrogens is 234 g/mol. The Labute approximate surface area is 99.0 Å². The van der Waals surface area contributed by atoms with Crippen molar-refractivity contribution in [1.29, 1.82) is 0 Å². The van der Waals surface area contributed by atoms with Gasteiger partial charge >= 0.3 is 5.97 Å². The molecule has 0 saturated carbocycles. The van der Waals surface area contributed by atoms with Gasteiger partial charge < -0.3 is 10.5 Å². The van der Waals surface area contributed by atoms with Crippen LogP contribution in [0.2, 0.25) is 5.02 Å². The van der Waals surface area contributed by atoms with Crippen molar-refractivity contribution >= 4 is 30.2 Å². The molecule has 0 radical (unpaired) electrons. The zero-order valence-corrected chi connectivity index (χ0v) is 9.67. The fourth-order valence-corrected chi connectivity index (χ4v) is 1.32. The van der Waals surface area contributed by atoms with E-state index in [1.54, 1.807) is 18.2 Å². The van der Waals surface area contributed by atoms with E-state index in [1.807, 2.05) is 6.07 Å². The Morgan fingerprint density at radius 3 is 2.93 bits per heavy atom. The van der Waals surface area contributed by atoms with Crippen molar-refractivity contribution in [3.05, 3.63) is 34.9 Å². The van der Waals surface area contributed by atoms with E-state index in [4.69, 9.17) is 22.1 Å². The van der Waals surface area contributed by atoms with Crippen LogP contribution in [0.25, 0.3) is 0 Å². The molecule has 1 atom stereocenters. The van der Waals surface area contributed by atoms with Gasteiger partial charge in [0.2, 0.25) is 0 Å². The van der Waals surface area contributed by atoms with Crippen molar-refractivity contribution < 1.29 is 9.53 Å². The lowest BCUT2D eigenvalue weighted by Gasteiger charge is -2.08. The van der Waals surface area contributed by atoms with Crippen LogP contribution in [-0.4, -0.2) is 17.8 Å². The molecule has 5 heteroatoms. The van der Waals surface area contributed by atoms with Gasteiger partial charge in [0.25, 0.3) is 0 Å². The van der Waals surface area contributed by atoms with E-state index in [0.29, 0.717) is 5.02 Å². The summed E-state index contributed by atoms with van der Waals surface area (Å²) in [5, 5.41) is 0.613. The van der Waals surface area contributed by atoms with Gasteiger partial charge in [0.1, 0.15) is 12.6 Å². The molecule has 0 saturated heterocycles. The van der Waals surface area contributed by atoms with Crippen molar-refractivity contribution in [2.24, 2.45) is 5.73 Å². The highest BCUT2D eigenvalue weighted by Crippen LogP contribution is 2.11. The smallest absolute Gasteiger partial charge is 0.324 e. The van der Waals surface area contributed by atoms with E-state index < -0.39 is 12.0 Å². The van der Waals surface area contributed by atoms with E-state index in [0.717, 1.165) is 5.56 Å². The first-order chi connectivity index (χ1) is 7.13. The van der Waals surface area contributed by atoms with Crippen LogP contribution in [0.5, 0.6) is 0 Å². The average molecular weight is 246 g/mol. The summed E-state index contributed by atoms with van der Waals surface area (Å²) in [6.07, 6.45) is 0. The molecule has 82 valence electrons. The van der Waals surface area contributed by atoms with Crippen molar-refractivity contribution in [2.45, 2.75) is 12.6 Å². The van der Waals surface area contributed by atoms with Crippen LogP contribution in [0.1, 0.15) is 5.56 Å². The molecule has 1 aromatic carbocycles. The van der Waals surface area contributed by atoms with Gasteiger partial charge in [-0.2, -0.15) is 12.6 Å². The maximum absolute atomic E-state index is 11.2. The van der Waals surface area contributed by atoms with Crippen molar-refractivity contribution in [3.63, 3.8) is 0 Å². The molecule has 0 unspecified atom stereocenters. The first kappa shape index (κ1) is 12.4. The zero-order chi connectivity index (χ0) is 11.3. The molecule has 0 heterocycles. The minimum Gasteiger partial charge on any atom is -0.460 e. The number of esters is 1. The first-order valence-electron chi connectivity index (χ1n) is 4.41. The lowest BCUT2D eigenvalue weighted by Crippen LogP contribution is -2.33. The summed E-state index contributed by atoms with van der Waals surface area (Å²) in [5.74, 6) is -0.182. The van der Waals surface area contributed by atoms with E-state index in [1.165, 1.54) is 0 Å². The SMILES string of the molecule is N[C@@H](CS)C(=O)OCc1cccc(Cl)c1. The molecule has 0 bridgehead atoms. The largest absolute Gasteiger partial charge is 0.460 e. The molecular formula is C10H12ClNO2S. The van der Waals surface area contributed by atoms with Gasteiger partial charge in [-0.05, 0) is 17.7 Å². The first-order valence-corrected chi connectivity index (χ1v) is 5.42. The van der Waals surface area contributed by atoms with Crippen molar-refractivity contribution in [1.82, 2.24) is 0 Å². The fraction of sp³-hybridized carbons (Fsp3) is 0.300. The van der Waals surface area contributed by atoms with Crippen LogP contribution in [0.4, 0.5) is 0 Å². The van der Waals surface area contributed by atoms with Gasteiger partial charge in [-0.3, -0.25) is 4.79 Å². The number of hydrogen-bond donors (Lipinski definition) is 2. The number of benzene rings is 1. The predicted molar refractivity (Wildman–Crippen MR) is 63.1 cm³/mol. The number of halogens is 1. The fourth-order valence-electron chi connectivity index (χ4n) is 0.963. The summed E-state index contributed by atoms with van der Waals surface area (Å²) in [5.41, 5.74) is 6.27. The van der Waals surface area contributed by atoms with E-state index in [2.05, 4.69) is 12.6 Å². The molecule has 1 rings (SSSR count). The summed E-state index contributed by atoms with van der Waals surface area (Å²) < 4.78 is 4.96. The quantitative estimate of drug-likeness (QED) is 0.626. The lowest BCUT2D eigenvalue weighted by molar-refractivity contribution is -0.145. The number of carbonyl (C=O) groups excluding carboxylic acids is 1. The van der Waals surface area contributed by atoms with Crippen LogP contribution < -0.4 is 5.73 Å². The molecule has 0 aliphatic heterocycles. The number of hydrogen-bond acceptors (Lipinski definition) is 4. The van der Waals surface area contributed by atoms with Crippen molar-refractivity contribution in [2.75, 3.05) is 5.75 Å². The molecule has 0 aliphatic rings. The number of carbonyl (C=O) groups is 1. The Bertz CT molecular complexity index is 346. The van der Waals surface area contributed by atoms with Crippen LogP contribution in [-0.2, 0) is 16.1 Å². The second-order valence-corrected chi connectivity index (χ2v) is 3.83. The van der Waals surface area contributed by atoms with Crippen LogP contribution in [0.15, 0.2) is 24.3 Å². The molecule has 0 fully saturated rings. The number of nitrogens with two attached hydrogens (primary N) is 1. The molecule has 3 nitrogen and oxygen atoms in total. The Hall–Kier alpha value is -0.710. The van der Waals surface area contributed by atoms with Crippen LogP contribution in [0, 0.1) is 0 Å². The summed E-state index contributed by atoms with van der Waals surface area (Å²) in [6.45, 7) is 0.181. The highest BCUT2D eigenvalue weighted by atomic mass is 35.5. The summed E-state index contributed by atoms with van der Waals surface area (Å²) >= 11 is 9.68. The summed E-state index contributed by atoms with van der Waals surface area (Å²) in [4.78, 5) is 11.2. The van der Waals surface area contributed by atoms with Crippen molar-refractivity contribution in [3.8, 4) is 0 Å². The van der Waals surface area contributed by atoms with E-state index in [9.17, 15) is 4.79 Å². The minimum absolute atomic E-state index is 0.181. The molecule has 0 amide bonds. The monoisotopic (exact) mass is 245 g/mol. The second-order valence-electron chi connectivity index (χ2n) is 3.03. The number of rotatable bonds is 4. The predicted octanol–water partition coefficient (Wildman–Crippen LogP) is 1.64. The summed E-state index contributed by atoms with van der Waals surface area (Å²) in [6, 6.07) is 6.44. The van der Waals surface area contributed by atoms with Crippen LogP contribution >= 0.6 is 24.2 Å². The maximum atomic E-state index is 11.2. The standard InChI is InChI=1S/C10H12ClNO2S/c11-8-3-1-2-7(4-8)5-14-10(13)9(12)6-15/h1-4,9,15H,5-6,12H2/t9-/m0/s1. The molecule has 2 N–H and O–H groups in total. The van der Waals surface area contributed by atoms with Gasteiger partial charge in [-0.15, -0.1) is 0 Å². The van der Waals surface area contributed by atoms with Gasteiger partial charge in [0.15, 0.2) is 0 Å². The van der Waals surface area contributed by atoms with E-state index in [-0.39, 0.29) is 12.4 Å². The lowest BCUT2D eigenvalue weighted by atomic mass is 10.2. The Morgan fingerprint density at radius 1 is 1.60 bits per heavy atom. The maximum Gasteiger partial charge on any atom is 0.324 e. The zero-order valence-electron chi connectivity index (χ0n) is 8.02. The van der Waals surface area contributed by atoms with Gasteiger partial charge in [-0.25, -0.2) is 0 Å². The third kappa shape index (κ3) is 4.11. The van der Waals surface area contributed by atoms with Gasteiger partial charge in [0.05, 0.1) is 0 Å². The molecule has 15 heavy (non-hydrogen) atoms. The molecule has 1 aromatic rings. The highest BCUT2D eigenvalue weighted by Gasteiger charge is 2.12. The Kier molecular flexibility index (Phi) is 4.94. The number of thiol groups is 1. The second kappa shape index (κ2) is 6.00. The van der Waals surface area contributed by atoms with Gasteiger partial charge in [-0.1, -0.05) is 23.7 Å².